The molecule has 154 valence electrons. The van der Waals surface area contributed by atoms with Crippen LogP contribution in [0.3, 0.4) is 0 Å². The fourth-order valence-electron chi connectivity index (χ4n) is 4.75. The fraction of sp³-hybridized carbons (Fsp3) is 0.103. The Morgan fingerprint density at radius 3 is 1.32 bits per heavy atom. The Morgan fingerprint density at radius 2 is 0.968 bits per heavy atom. The highest BCUT2D eigenvalue weighted by Crippen LogP contribution is 2.33. The van der Waals surface area contributed by atoms with Crippen LogP contribution >= 0.6 is 0 Å². The largest absolute Gasteiger partial charge is 0.388 e. The number of rotatable bonds is 8. The van der Waals surface area contributed by atoms with Crippen molar-refractivity contribution >= 4 is 23.6 Å². The van der Waals surface area contributed by atoms with E-state index in [4.69, 9.17) is 0 Å². The van der Waals surface area contributed by atoms with Gasteiger partial charge in [0.2, 0.25) is 0 Å². The maximum Gasteiger partial charge on any atom is 0.155 e. The Hall–Kier alpha value is -3.20. The molecule has 0 aliphatic carbocycles. The van der Waals surface area contributed by atoms with Crippen molar-refractivity contribution in [2.24, 2.45) is 0 Å². The molecule has 4 rings (SSSR count). The SMILES string of the molecule is C=C[C@@H](C[C@H](O)c1ccccc1)[Si](c1ccccc1)(c1ccccc1)c1ccccc1. The lowest BCUT2D eigenvalue weighted by atomic mass is 10.0. The Morgan fingerprint density at radius 1 is 0.613 bits per heavy atom. The van der Waals surface area contributed by atoms with Gasteiger partial charge >= 0.3 is 0 Å². The third kappa shape index (κ3) is 4.18. The predicted molar refractivity (Wildman–Crippen MR) is 134 cm³/mol. The van der Waals surface area contributed by atoms with Crippen molar-refractivity contribution in [2.75, 3.05) is 0 Å². The maximum atomic E-state index is 11.2. The topological polar surface area (TPSA) is 20.2 Å². The molecule has 2 heteroatoms. The van der Waals surface area contributed by atoms with Crippen molar-refractivity contribution in [3.8, 4) is 0 Å². The van der Waals surface area contributed by atoms with E-state index in [9.17, 15) is 5.11 Å². The average molecular weight is 421 g/mol. The quantitative estimate of drug-likeness (QED) is 0.246. The summed E-state index contributed by atoms with van der Waals surface area (Å²) >= 11 is 0. The molecule has 0 radical (unpaired) electrons. The van der Waals surface area contributed by atoms with E-state index in [2.05, 4.69) is 104 Å². The number of aliphatic hydroxyl groups excluding tert-OH is 1. The molecular weight excluding hydrogens is 392 g/mol. The van der Waals surface area contributed by atoms with Crippen LogP contribution in [-0.4, -0.2) is 13.2 Å². The Labute approximate surface area is 186 Å². The number of aliphatic hydroxyl groups is 1. The molecule has 4 aromatic carbocycles. The molecule has 0 heterocycles. The van der Waals surface area contributed by atoms with Gasteiger partial charge in [0.05, 0.1) is 6.10 Å². The van der Waals surface area contributed by atoms with Gasteiger partial charge in [0.25, 0.3) is 0 Å². The van der Waals surface area contributed by atoms with Crippen molar-refractivity contribution in [2.45, 2.75) is 18.1 Å². The number of allylic oxidation sites excluding steroid dienone is 1. The lowest BCUT2D eigenvalue weighted by Gasteiger charge is -2.40. The van der Waals surface area contributed by atoms with E-state index in [0.717, 1.165) is 5.56 Å². The van der Waals surface area contributed by atoms with Crippen molar-refractivity contribution in [3.05, 3.63) is 140 Å². The molecule has 0 saturated heterocycles. The lowest BCUT2D eigenvalue weighted by molar-refractivity contribution is 0.168. The highest BCUT2D eigenvalue weighted by molar-refractivity contribution is 7.12. The molecule has 0 aliphatic rings. The summed E-state index contributed by atoms with van der Waals surface area (Å²) in [6, 6.07) is 42.4. The van der Waals surface area contributed by atoms with Gasteiger partial charge in [0.15, 0.2) is 8.07 Å². The summed E-state index contributed by atoms with van der Waals surface area (Å²) in [6.45, 7) is 4.27. The van der Waals surface area contributed by atoms with Gasteiger partial charge in [-0.3, -0.25) is 0 Å². The summed E-state index contributed by atoms with van der Waals surface area (Å²) in [6.07, 6.45) is 2.15. The molecule has 0 aliphatic heterocycles. The van der Waals surface area contributed by atoms with Gasteiger partial charge in [-0.25, -0.2) is 0 Å². The van der Waals surface area contributed by atoms with Gasteiger partial charge < -0.3 is 5.11 Å². The zero-order chi connectivity index (χ0) is 21.5. The van der Waals surface area contributed by atoms with E-state index in [1.807, 2.05) is 30.3 Å². The molecule has 0 aromatic heterocycles. The van der Waals surface area contributed by atoms with Crippen LogP contribution in [0.2, 0.25) is 5.54 Å². The van der Waals surface area contributed by atoms with Gasteiger partial charge in [-0.05, 0) is 33.1 Å². The summed E-state index contributed by atoms with van der Waals surface area (Å²) in [5.74, 6) is 0. The maximum absolute atomic E-state index is 11.2. The van der Waals surface area contributed by atoms with Gasteiger partial charge in [-0.15, -0.1) is 6.58 Å². The normalized spacial score (nSPS) is 13.3. The molecule has 0 saturated carbocycles. The molecule has 0 fully saturated rings. The zero-order valence-corrected chi connectivity index (χ0v) is 18.6. The van der Waals surface area contributed by atoms with Crippen molar-refractivity contribution in [3.63, 3.8) is 0 Å². The third-order valence-electron chi connectivity index (χ3n) is 6.19. The molecule has 0 amide bonds. The molecule has 1 N–H and O–H groups in total. The minimum Gasteiger partial charge on any atom is -0.388 e. The van der Waals surface area contributed by atoms with E-state index in [1.54, 1.807) is 0 Å². The first kappa shape index (κ1) is 21.0. The molecule has 1 nitrogen and oxygen atoms in total. The standard InChI is InChI=1S/C29H28OSi/c1-2-25(23-29(30)24-15-7-3-8-16-24)31(26-17-9-4-10-18-26,27-19-11-5-12-20-27)28-21-13-6-14-22-28/h2-22,25,29-30H,1,23H2/t25-,29-/m0/s1. The summed E-state index contributed by atoms with van der Waals surface area (Å²) in [5, 5.41) is 15.2. The zero-order valence-electron chi connectivity index (χ0n) is 17.6. The molecule has 2 atom stereocenters. The molecular formula is C29H28OSi. The van der Waals surface area contributed by atoms with Crippen LogP contribution in [0, 0.1) is 0 Å². The van der Waals surface area contributed by atoms with Crippen LogP contribution < -0.4 is 15.6 Å². The predicted octanol–water partition coefficient (Wildman–Crippen LogP) is 4.84. The summed E-state index contributed by atoms with van der Waals surface area (Å²) < 4.78 is 0. The minimum absolute atomic E-state index is 0.106. The minimum atomic E-state index is -2.53. The van der Waals surface area contributed by atoms with E-state index in [1.165, 1.54) is 15.6 Å². The van der Waals surface area contributed by atoms with Gasteiger partial charge in [-0.2, -0.15) is 0 Å². The van der Waals surface area contributed by atoms with Crippen molar-refractivity contribution < 1.29 is 5.11 Å². The number of hydrogen-bond donors (Lipinski definition) is 1. The molecule has 0 spiro atoms. The molecule has 0 bridgehead atoms. The highest BCUT2D eigenvalue weighted by Gasteiger charge is 2.45. The molecule has 0 unspecified atom stereocenters. The number of benzene rings is 4. The van der Waals surface area contributed by atoms with Crippen molar-refractivity contribution in [1.82, 2.24) is 0 Å². The first-order valence-electron chi connectivity index (χ1n) is 10.8. The van der Waals surface area contributed by atoms with Crippen LogP contribution in [-0.2, 0) is 0 Å². The highest BCUT2D eigenvalue weighted by atomic mass is 28.3. The summed E-state index contributed by atoms with van der Waals surface area (Å²) in [4.78, 5) is 0. The van der Waals surface area contributed by atoms with Crippen LogP contribution in [0.25, 0.3) is 0 Å². The first-order valence-corrected chi connectivity index (χ1v) is 12.9. The second-order valence-corrected chi connectivity index (χ2v) is 12.0. The van der Waals surface area contributed by atoms with Crippen LogP contribution in [0.15, 0.2) is 134 Å². The average Bonchev–Trinajstić information content (AvgIpc) is 2.86. The Kier molecular flexibility index (Phi) is 6.61. The van der Waals surface area contributed by atoms with Gasteiger partial charge in [0.1, 0.15) is 0 Å². The van der Waals surface area contributed by atoms with Gasteiger partial charge in [0, 0.05) is 0 Å². The second kappa shape index (κ2) is 9.74. The van der Waals surface area contributed by atoms with Crippen LogP contribution in [0.4, 0.5) is 0 Å². The number of hydrogen-bond acceptors (Lipinski definition) is 1. The Balaban J connectivity index is 1.93. The van der Waals surface area contributed by atoms with Crippen LogP contribution in [0.1, 0.15) is 18.1 Å². The lowest BCUT2D eigenvalue weighted by Crippen LogP contribution is -2.69. The smallest absolute Gasteiger partial charge is 0.155 e. The monoisotopic (exact) mass is 420 g/mol. The first-order chi connectivity index (χ1) is 15.3. The summed E-state index contributed by atoms with van der Waals surface area (Å²) in [7, 11) is -2.53. The molecule has 4 aromatic rings. The van der Waals surface area contributed by atoms with Crippen LogP contribution in [0.5, 0.6) is 0 Å². The van der Waals surface area contributed by atoms with E-state index in [0.29, 0.717) is 6.42 Å². The van der Waals surface area contributed by atoms with Crippen molar-refractivity contribution in [1.29, 1.82) is 0 Å². The fourth-order valence-corrected chi connectivity index (χ4v) is 10.1. The molecule has 31 heavy (non-hydrogen) atoms. The van der Waals surface area contributed by atoms with E-state index in [-0.39, 0.29) is 5.54 Å². The van der Waals surface area contributed by atoms with E-state index >= 15 is 0 Å². The van der Waals surface area contributed by atoms with E-state index < -0.39 is 14.2 Å². The van der Waals surface area contributed by atoms with Gasteiger partial charge in [-0.1, -0.05) is 127 Å². The Bertz CT molecular complexity index is 982. The summed E-state index contributed by atoms with van der Waals surface area (Å²) in [5.41, 5.74) is 1.06. The third-order valence-corrected chi connectivity index (χ3v) is 11.5. The second-order valence-electron chi connectivity index (χ2n) is 7.91.